The highest BCUT2D eigenvalue weighted by Crippen LogP contribution is 2.33. The third-order valence-corrected chi connectivity index (χ3v) is 5.01. The van der Waals surface area contributed by atoms with Crippen molar-refractivity contribution in [3.05, 3.63) is 42.0 Å². The fraction of sp³-hybridized carbons (Fsp3) is 0.300. The lowest BCUT2D eigenvalue weighted by atomic mass is 10.2. The van der Waals surface area contributed by atoms with E-state index in [0.29, 0.717) is 29.0 Å². The summed E-state index contributed by atoms with van der Waals surface area (Å²) >= 11 is 0. The van der Waals surface area contributed by atoms with Crippen molar-refractivity contribution in [2.45, 2.75) is 31.8 Å². The van der Waals surface area contributed by atoms with Crippen molar-refractivity contribution < 1.29 is 19.0 Å². The smallest absolute Gasteiger partial charge is 0.257 e. The molecule has 7 heteroatoms. The van der Waals surface area contributed by atoms with E-state index in [0.717, 1.165) is 29.5 Å². The summed E-state index contributed by atoms with van der Waals surface area (Å²) in [5, 5.41) is 10.9. The minimum Gasteiger partial charge on any atom is -0.490 e. The number of rotatable bonds is 4. The van der Waals surface area contributed by atoms with E-state index in [1.165, 1.54) is 12.8 Å². The van der Waals surface area contributed by atoms with Gasteiger partial charge in [0.15, 0.2) is 17.3 Å². The molecule has 0 bridgehead atoms. The summed E-state index contributed by atoms with van der Waals surface area (Å²) in [7, 11) is 0. The molecule has 0 atom stereocenters. The fourth-order valence-electron chi connectivity index (χ4n) is 3.58. The van der Waals surface area contributed by atoms with Crippen LogP contribution in [-0.4, -0.2) is 29.0 Å². The Morgan fingerprint density at radius 2 is 1.96 bits per heavy atom. The molecule has 1 aromatic heterocycles. The van der Waals surface area contributed by atoms with Gasteiger partial charge in [-0.05, 0) is 56.0 Å². The highest BCUT2D eigenvalue weighted by atomic mass is 16.7. The summed E-state index contributed by atoms with van der Waals surface area (Å²) in [4.78, 5) is 12.6. The molecule has 2 heterocycles. The summed E-state index contributed by atoms with van der Waals surface area (Å²) in [6.45, 7) is 0.176. The first-order valence-corrected chi connectivity index (χ1v) is 9.12. The number of hydrogen-bond acceptors (Lipinski definition) is 5. The number of nitrogens with zero attached hydrogens (tertiary/aromatic N) is 1. The predicted octanol–water partition coefficient (Wildman–Crippen LogP) is 3.87. The van der Waals surface area contributed by atoms with Crippen molar-refractivity contribution in [1.82, 2.24) is 10.2 Å². The third-order valence-electron chi connectivity index (χ3n) is 5.01. The van der Waals surface area contributed by atoms with Gasteiger partial charge in [0, 0.05) is 17.0 Å². The molecule has 1 aliphatic heterocycles. The van der Waals surface area contributed by atoms with Crippen LogP contribution < -0.4 is 19.5 Å². The van der Waals surface area contributed by atoms with Crippen LogP contribution >= 0.6 is 0 Å². The normalized spacial score (nSPS) is 16.0. The van der Waals surface area contributed by atoms with Crippen molar-refractivity contribution in [1.29, 1.82) is 0 Å². The minimum absolute atomic E-state index is 0.176. The lowest BCUT2D eigenvalue weighted by molar-refractivity contribution is 0.102. The van der Waals surface area contributed by atoms with Gasteiger partial charge in [0.1, 0.15) is 5.75 Å². The van der Waals surface area contributed by atoms with E-state index in [1.54, 1.807) is 18.2 Å². The molecule has 2 N–H and O–H groups in total. The van der Waals surface area contributed by atoms with Gasteiger partial charge >= 0.3 is 0 Å². The van der Waals surface area contributed by atoms with Crippen LogP contribution in [-0.2, 0) is 0 Å². The van der Waals surface area contributed by atoms with E-state index in [4.69, 9.17) is 14.2 Å². The van der Waals surface area contributed by atoms with E-state index >= 15 is 0 Å². The zero-order valence-electron chi connectivity index (χ0n) is 14.7. The lowest BCUT2D eigenvalue weighted by Crippen LogP contribution is -2.12. The Morgan fingerprint density at radius 1 is 1.11 bits per heavy atom. The van der Waals surface area contributed by atoms with Crippen LogP contribution in [0.4, 0.5) is 5.82 Å². The number of hydrogen-bond donors (Lipinski definition) is 2. The summed E-state index contributed by atoms with van der Waals surface area (Å²) in [6.07, 6.45) is 4.98. The lowest BCUT2D eigenvalue weighted by Gasteiger charge is -2.12. The first kappa shape index (κ1) is 16.0. The highest BCUT2D eigenvalue weighted by molar-refractivity contribution is 6.08. The molecular formula is C20H19N3O4. The first-order chi connectivity index (χ1) is 13.3. The Balaban J connectivity index is 1.34. The summed E-state index contributed by atoms with van der Waals surface area (Å²) in [5.41, 5.74) is 1.31. The molecule has 0 radical (unpaired) electrons. The van der Waals surface area contributed by atoms with E-state index in [1.807, 2.05) is 18.2 Å². The standard InChI is InChI=1S/C20H19N3O4/c24-20(12-5-8-17-18(9-12)26-11-25-17)21-19-15-7-6-14(10-16(15)22-23-19)27-13-3-1-2-4-13/h5-10,13H,1-4,11H2,(H2,21,22,23,24). The number of ether oxygens (including phenoxy) is 3. The Labute approximate surface area is 155 Å². The molecule has 1 saturated carbocycles. The number of carbonyl (C=O) groups is 1. The second-order valence-corrected chi connectivity index (χ2v) is 6.83. The number of fused-ring (bicyclic) bond motifs is 2. The minimum atomic E-state index is -0.256. The highest BCUT2D eigenvalue weighted by Gasteiger charge is 2.19. The van der Waals surface area contributed by atoms with Crippen LogP contribution in [0.15, 0.2) is 36.4 Å². The van der Waals surface area contributed by atoms with Crippen LogP contribution in [0.1, 0.15) is 36.0 Å². The van der Waals surface area contributed by atoms with Crippen molar-refractivity contribution in [2.75, 3.05) is 12.1 Å². The van der Waals surface area contributed by atoms with Gasteiger partial charge in [-0.1, -0.05) is 0 Å². The summed E-state index contributed by atoms with van der Waals surface area (Å²) < 4.78 is 16.6. The van der Waals surface area contributed by atoms with E-state index in [-0.39, 0.29) is 12.7 Å². The monoisotopic (exact) mass is 365 g/mol. The van der Waals surface area contributed by atoms with Crippen LogP contribution in [0.2, 0.25) is 0 Å². The number of anilines is 1. The van der Waals surface area contributed by atoms with Gasteiger partial charge in [-0.15, -0.1) is 0 Å². The summed E-state index contributed by atoms with van der Waals surface area (Å²) in [6, 6.07) is 10.9. The molecule has 2 aliphatic rings. The third kappa shape index (κ3) is 3.05. The van der Waals surface area contributed by atoms with E-state index in [9.17, 15) is 4.79 Å². The fourth-order valence-corrected chi connectivity index (χ4v) is 3.58. The molecular weight excluding hydrogens is 346 g/mol. The van der Waals surface area contributed by atoms with Crippen LogP contribution in [0.5, 0.6) is 17.2 Å². The molecule has 5 rings (SSSR count). The summed E-state index contributed by atoms with van der Waals surface area (Å²) in [5.74, 6) is 2.27. The maximum Gasteiger partial charge on any atom is 0.257 e. The second kappa shape index (κ2) is 6.50. The molecule has 138 valence electrons. The van der Waals surface area contributed by atoms with E-state index < -0.39 is 0 Å². The number of carbonyl (C=O) groups excluding carboxylic acids is 1. The van der Waals surface area contributed by atoms with Gasteiger partial charge in [-0.25, -0.2) is 0 Å². The molecule has 7 nitrogen and oxygen atoms in total. The molecule has 1 fully saturated rings. The molecule has 0 unspecified atom stereocenters. The molecule has 1 aliphatic carbocycles. The van der Waals surface area contributed by atoms with Gasteiger partial charge in [0.2, 0.25) is 6.79 Å². The number of aromatic amines is 1. The van der Waals surface area contributed by atoms with Gasteiger partial charge < -0.3 is 19.5 Å². The van der Waals surface area contributed by atoms with Crippen LogP contribution in [0, 0.1) is 0 Å². The average Bonchev–Trinajstić information content (AvgIpc) is 3.42. The molecule has 2 aromatic carbocycles. The first-order valence-electron chi connectivity index (χ1n) is 9.12. The number of nitrogens with one attached hydrogen (secondary N) is 2. The number of H-pyrrole nitrogens is 1. The molecule has 27 heavy (non-hydrogen) atoms. The van der Waals surface area contributed by atoms with Gasteiger partial charge in [0.25, 0.3) is 5.91 Å². The Kier molecular flexibility index (Phi) is 3.85. The second-order valence-electron chi connectivity index (χ2n) is 6.83. The Bertz CT molecular complexity index is 1010. The maximum absolute atomic E-state index is 12.6. The molecule has 0 saturated heterocycles. The average molecular weight is 365 g/mol. The van der Waals surface area contributed by atoms with Crippen LogP contribution in [0.3, 0.4) is 0 Å². The Morgan fingerprint density at radius 3 is 2.85 bits per heavy atom. The quantitative estimate of drug-likeness (QED) is 0.733. The van der Waals surface area contributed by atoms with Gasteiger partial charge in [0.05, 0.1) is 11.6 Å². The molecule has 1 amide bonds. The SMILES string of the molecule is O=C(Nc1n[nH]c2cc(OC3CCCC3)ccc12)c1ccc2c(c1)OCO2. The van der Waals surface area contributed by atoms with Crippen LogP contribution in [0.25, 0.3) is 10.9 Å². The zero-order chi connectivity index (χ0) is 18.2. The number of benzene rings is 2. The van der Waals surface area contributed by atoms with Gasteiger partial charge in [-0.3, -0.25) is 9.89 Å². The molecule has 3 aromatic rings. The van der Waals surface area contributed by atoms with Crippen molar-refractivity contribution in [2.24, 2.45) is 0 Å². The molecule has 0 spiro atoms. The number of aromatic nitrogens is 2. The largest absolute Gasteiger partial charge is 0.490 e. The predicted molar refractivity (Wildman–Crippen MR) is 99.5 cm³/mol. The zero-order valence-corrected chi connectivity index (χ0v) is 14.7. The van der Waals surface area contributed by atoms with E-state index in [2.05, 4.69) is 15.5 Å². The topological polar surface area (TPSA) is 85.5 Å². The van der Waals surface area contributed by atoms with Crippen molar-refractivity contribution >= 4 is 22.6 Å². The van der Waals surface area contributed by atoms with Crippen molar-refractivity contribution in [3.8, 4) is 17.2 Å². The Hall–Kier alpha value is -3.22. The van der Waals surface area contributed by atoms with Crippen molar-refractivity contribution in [3.63, 3.8) is 0 Å². The number of amides is 1. The maximum atomic E-state index is 12.6. The van der Waals surface area contributed by atoms with Gasteiger partial charge in [-0.2, -0.15) is 5.10 Å².